The number of ether oxygens (including phenoxy) is 1. The molecule has 1 fully saturated rings. The van der Waals surface area contributed by atoms with Crippen LogP contribution in [0.1, 0.15) is 19.3 Å². The Balaban J connectivity index is 1.94. The van der Waals surface area contributed by atoms with E-state index in [9.17, 15) is 4.79 Å². The summed E-state index contributed by atoms with van der Waals surface area (Å²) >= 11 is 2.02. The Morgan fingerprint density at radius 3 is 3.06 bits per heavy atom. The zero-order valence-electron chi connectivity index (χ0n) is 9.96. The molecule has 2 N–H and O–H groups in total. The van der Waals surface area contributed by atoms with Gasteiger partial charge in [0, 0.05) is 25.4 Å². The lowest BCUT2D eigenvalue weighted by atomic mass is 10.2. The monoisotopic (exact) mass is 246 g/mol. The highest BCUT2D eigenvalue weighted by Gasteiger charge is 2.13. The second kappa shape index (κ2) is 8.84. The lowest BCUT2D eigenvalue weighted by molar-refractivity contribution is -0.120. The predicted molar refractivity (Wildman–Crippen MR) is 67.9 cm³/mol. The third-order valence-electron chi connectivity index (χ3n) is 2.56. The highest BCUT2D eigenvalue weighted by molar-refractivity contribution is 7.99. The molecular weight excluding hydrogens is 224 g/mol. The van der Waals surface area contributed by atoms with Gasteiger partial charge < -0.3 is 15.4 Å². The van der Waals surface area contributed by atoms with Gasteiger partial charge in [-0.3, -0.25) is 4.79 Å². The summed E-state index contributed by atoms with van der Waals surface area (Å²) in [4.78, 5) is 11.3. The Hall–Kier alpha value is -0.260. The van der Waals surface area contributed by atoms with Gasteiger partial charge in [0.2, 0.25) is 5.91 Å². The molecule has 0 aromatic carbocycles. The van der Waals surface area contributed by atoms with Crippen molar-refractivity contribution in [3.8, 4) is 0 Å². The minimum Gasteiger partial charge on any atom is -0.383 e. The molecular formula is C11H22N2O2S. The summed E-state index contributed by atoms with van der Waals surface area (Å²) in [5, 5.41) is 6.69. The van der Waals surface area contributed by atoms with Crippen LogP contribution in [0.25, 0.3) is 0 Å². The van der Waals surface area contributed by atoms with E-state index >= 15 is 0 Å². The normalized spacial score (nSPS) is 20.7. The number of amides is 1. The number of rotatable bonds is 7. The third kappa shape index (κ3) is 6.35. The number of nitrogens with one attached hydrogen (secondary N) is 2. The van der Waals surface area contributed by atoms with Crippen LogP contribution in [0.3, 0.4) is 0 Å². The number of hydrogen-bond acceptors (Lipinski definition) is 4. The fourth-order valence-electron chi connectivity index (χ4n) is 1.67. The van der Waals surface area contributed by atoms with E-state index in [-0.39, 0.29) is 5.91 Å². The molecule has 1 rings (SSSR count). The van der Waals surface area contributed by atoms with Crippen LogP contribution in [0, 0.1) is 0 Å². The average molecular weight is 246 g/mol. The van der Waals surface area contributed by atoms with E-state index < -0.39 is 0 Å². The van der Waals surface area contributed by atoms with Gasteiger partial charge in [-0.25, -0.2) is 0 Å². The molecule has 1 saturated heterocycles. The zero-order valence-corrected chi connectivity index (χ0v) is 10.8. The minimum atomic E-state index is 0.0536. The summed E-state index contributed by atoms with van der Waals surface area (Å²) in [6.07, 6.45) is 3.96. The Labute approximate surface area is 102 Å². The van der Waals surface area contributed by atoms with E-state index in [1.165, 1.54) is 25.0 Å². The van der Waals surface area contributed by atoms with Crippen molar-refractivity contribution >= 4 is 17.7 Å². The number of methoxy groups -OCH3 is 1. The van der Waals surface area contributed by atoms with Gasteiger partial charge in [-0.15, -0.1) is 0 Å². The molecule has 1 aliphatic rings. The van der Waals surface area contributed by atoms with Gasteiger partial charge in [0.15, 0.2) is 0 Å². The predicted octanol–water partition coefficient (Wildman–Crippen LogP) is 0.624. The molecule has 0 bridgehead atoms. The minimum absolute atomic E-state index is 0.0536. The average Bonchev–Trinajstić information content (AvgIpc) is 2.31. The van der Waals surface area contributed by atoms with Gasteiger partial charge in [0.05, 0.1) is 13.2 Å². The second-order valence-corrected chi connectivity index (χ2v) is 5.37. The zero-order chi connectivity index (χ0) is 11.6. The van der Waals surface area contributed by atoms with Gasteiger partial charge in [-0.1, -0.05) is 6.42 Å². The maximum absolute atomic E-state index is 11.3. The molecule has 1 heterocycles. The highest BCUT2D eigenvalue weighted by atomic mass is 32.2. The van der Waals surface area contributed by atoms with E-state index in [2.05, 4.69) is 10.6 Å². The molecule has 16 heavy (non-hydrogen) atoms. The molecule has 4 nitrogen and oxygen atoms in total. The van der Waals surface area contributed by atoms with Crippen molar-refractivity contribution in [3.63, 3.8) is 0 Å². The van der Waals surface area contributed by atoms with Crippen molar-refractivity contribution in [1.29, 1.82) is 0 Å². The van der Waals surface area contributed by atoms with Crippen molar-refractivity contribution in [2.75, 3.05) is 39.1 Å². The summed E-state index contributed by atoms with van der Waals surface area (Å²) in [7, 11) is 1.63. The lowest BCUT2D eigenvalue weighted by Gasteiger charge is -2.21. The molecule has 0 radical (unpaired) electrons. The van der Waals surface area contributed by atoms with E-state index in [0.717, 1.165) is 6.54 Å². The first kappa shape index (κ1) is 13.8. The summed E-state index contributed by atoms with van der Waals surface area (Å²) in [5.41, 5.74) is 0. The van der Waals surface area contributed by atoms with E-state index in [1.54, 1.807) is 7.11 Å². The summed E-state index contributed by atoms with van der Waals surface area (Å²) < 4.78 is 4.85. The molecule has 1 unspecified atom stereocenters. The van der Waals surface area contributed by atoms with Crippen molar-refractivity contribution in [3.05, 3.63) is 0 Å². The standard InChI is InChI=1S/C11H22N2O2S/c1-15-6-5-13-11(14)9-12-8-10-4-2-3-7-16-10/h10,12H,2-9H2,1H3,(H,13,14). The molecule has 0 aromatic heterocycles. The van der Waals surface area contributed by atoms with E-state index in [0.29, 0.717) is 24.9 Å². The molecule has 1 atom stereocenters. The maximum Gasteiger partial charge on any atom is 0.234 e. The van der Waals surface area contributed by atoms with Gasteiger partial charge in [-0.2, -0.15) is 11.8 Å². The Morgan fingerprint density at radius 2 is 2.38 bits per heavy atom. The number of hydrogen-bond donors (Lipinski definition) is 2. The second-order valence-electron chi connectivity index (χ2n) is 3.96. The van der Waals surface area contributed by atoms with Crippen LogP contribution in [0.15, 0.2) is 0 Å². The van der Waals surface area contributed by atoms with Crippen molar-refractivity contribution < 1.29 is 9.53 Å². The summed E-state index contributed by atoms with van der Waals surface area (Å²) in [5.74, 6) is 1.32. The molecule has 0 spiro atoms. The SMILES string of the molecule is COCCNC(=O)CNCC1CCCCS1. The van der Waals surface area contributed by atoms with Gasteiger partial charge in [0.1, 0.15) is 0 Å². The van der Waals surface area contributed by atoms with Crippen molar-refractivity contribution in [1.82, 2.24) is 10.6 Å². The smallest absolute Gasteiger partial charge is 0.234 e. The number of thioether (sulfide) groups is 1. The first-order chi connectivity index (χ1) is 7.83. The van der Waals surface area contributed by atoms with Crippen LogP contribution in [0.4, 0.5) is 0 Å². The molecule has 1 aliphatic heterocycles. The Kier molecular flexibility index (Phi) is 7.63. The van der Waals surface area contributed by atoms with Crippen molar-refractivity contribution in [2.24, 2.45) is 0 Å². The molecule has 0 saturated carbocycles. The van der Waals surface area contributed by atoms with Crippen LogP contribution >= 0.6 is 11.8 Å². The number of carbonyl (C=O) groups is 1. The molecule has 0 aliphatic carbocycles. The summed E-state index contributed by atoms with van der Waals surface area (Å²) in [6, 6.07) is 0. The fourth-order valence-corrected chi connectivity index (χ4v) is 2.94. The van der Waals surface area contributed by atoms with Crippen LogP contribution < -0.4 is 10.6 Å². The lowest BCUT2D eigenvalue weighted by Crippen LogP contribution is -2.38. The van der Waals surface area contributed by atoms with Crippen molar-refractivity contribution in [2.45, 2.75) is 24.5 Å². The Morgan fingerprint density at radius 1 is 1.50 bits per heavy atom. The first-order valence-electron chi connectivity index (χ1n) is 5.91. The number of carbonyl (C=O) groups excluding carboxylic acids is 1. The molecule has 5 heteroatoms. The highest BCUT2D eigenvalue weighted by Crippen LogP contribution is 2.23. The van der Waals surface area contributed by atoms with Crippen LogP contribution in [-0.4, -0.2) is 50.3 Å². The van der Waals surface area contributed by atoms with Crippen LogP contribution in [-0.2, 0) is 9.53 Å². The first-order valence-corrected chi connectivity index (χ1v) is 6.95. The fraction of sp³-hybridized carbons (Fsp3) is 0.909. The molecule has 1 amide bonds. The molecule has 0 aromatic rings. The van der Waals surface area contributed by atoms with E-state index in [4.69, 9.17) is 4.74 Å². The topological polar surface area (TPSA) is 50.4 Å². The van der Waals surface area contributed by atoms with Crippen LogP contribution in [0.2, 0.25) is 0 Å². The third-order valence-corrected chi connectivity index (χ3v) is 3.96. The van der Waals surface area contributed by atoms with Gasteiger partial charge in [0.25, 0.3) is 0 Å². The maximum atomic E-state index is 11.3. The van der Waals surface area contributed by atoms with Gasteiger partial charge in [-0.05, 0) is 18.6 Å². The van der Waals surface area contributed by atoms with Crippen LogP contribution in [0.5, 0.6) is 0 Å². The largest absolute Gasteiger partial charge is 0.383 e. The Bertz CT molecular complexity index is 196. The quantitative estimate of drug-likeness (QED) is 0.647. The summed E-state index contributed by atoms with van der Waals surface area (Å²) in [6.45, 7) is 2.53. The molecule has 94 valence electrons. The van der Waals surface area contributed by atoms with E-state index in [1.807, 2.05) is 11.8 Å². The van der Waals surface area contributed by atoms with Gasteiger partial charge >= 0.3 is 0 Å².